The molecule has 1 aromatic heterocycles. The van der Waals surface area contributed by atoms with Crippen molar-refractivity contribution in [2.24, 2.45) is 4.99 Å². The largest absolute Gasteiger partial charge is 0.412 e. The SMILES string of the molecule is Cc1cc(C)cc(NC2=NC=C3CN([C@@H]4CCN(C(=O)c5ccnc(C(C)(C)O)c5)[C@H](C)C4)CC3[N-]2)c1. The molecule has 0 aliphatic carbocycles. The molecule has 2 N–H and O–H groups in total. The highest BCUT2D eigenvalue weighted by Gasteiger charge is 2.37. The van der Waals surface area contributed by atoms with E-state index in [9.17, 15) is 9.90 Å². The number of carbonyl (C=O) groups excluding carboxylic acids is 1. The number of nitrogens with zero attached hydrogens (tertiary/aromatic N) is 5. The summed E-state index contributed by atoms with van der Waals surface area (Å²) in [6, 6.07) is 10.5. The fourth-order valence-electron chi connectivity index (χ4n) is 5.68. The summed E-state index contributed by atoms with van der Waals surface area (Å²) in [5.74, 6) is 0.666. The number of aliphatic hydroxyl groups is 1. The maximum atomic E-state index is 13.3. The van der Waals surface area contributed by atoms with Crippen LogP contribution in [-0.2, 0) is 5.60 Å². The number of carbonyl (C=O) groups is 1. The van der Waals surface area contributed by atoms with E-state index in [0.29, 0.717) is 29.8 Å². The van der Waals surface area contributed by atoms with Gasteiger partial charge in [-0.3, -0.25) is 14.7 Å². The molecule has 1 amide bonds. The zero-order valence-corrected chi connectivity index (χ0v) is 22.4. The molecule has 2 aromatic rings. The molecular formula is C29H37N6O2-. The highest BCUT2D eigenvalue weighted by atomic mass is 16.3. The Labute approximate surface area is 219 Å². The predicted molar refractivity (Wildman–Crippen MR) is 147 cm³/mol. The molecule has 3 atom stereocenters. The highest BCUT2D eigenvalue weighted by Crippen LogP contribution is 2.32. The van der Waals surface area contributed by atoms with Crippen molar-refractivity contribution in [1.82, 2.24) is 14.8 Å². The summed E-state index contributed by atoms with van der Waals surface area (Å²) in [5, 5.41) is 18.6. The third-order valence-corrected chi connectivity index (χ3v) is 7.59. The average molecular weight is 502 g/mol. The minimum absolute atomic E-state index is 0.00199. The number of benzene rings is 1. The third-order valence-electron chi connectivity index (χ3n) is 7.59. The number of rotatable bonds is 4. The predicted octanol–water partition coefficient (Wildman–Crippen LogP) is 4.34. The summed E-state index contributed by atoms with van der Waals surface area (Å²) < 4.78 is 0. The van der Waals surface area contributed by atoms with Gasteiger partial charge in [-0.1, -0.05) is 29.3 Å². The van der Waals surface area contributed by atoms with E-state index in [-0.39, 0.29) is 18.0 Å². The zero-order valence-electron chi connectivity index (χ0n) is 22.4. The van der Waals surface area contributed by atoms with Gasteiger partial charge in [-0.15, -0.1) is 0 Å². The van der Waals surface area contributed by atoms with Gasteiger partial charge in [0.05, 0.1) is 5.69 Å². The number of anilines is 1. The molecule has 3 aliphatic heterocycles. The Hall–Kier alpha value is -3.23. The minimum atomic E-state index is -1.08. The fourth-order valence-corrected chi connectivity index (χ4v) is 5.68. The molecule has 0 spiro atoms. The van der Waals surface area contributed by atoms with Crippen LogP contribution in [-0.4, -0.2) is 69.5 Å². The monoisotopic (exact) mass is 501 g/mol. The number of likely N-dealkylation sites (tertiary alicyclic amines) is 2. The van der Waals surface area contributed by atoms with Gasteiger partial charge in [0.1, 0.15) is 5.60 Å². The van der Waals surface area contributed by atoms with Crippen molar-refractivity contribution in [1.29, 1.82) is 0 Å². The van der Waals surface area contributed by atoms with Gasteiger partial charge in [0.25, 0.3) is 5.91 Å². The van der Waals surface area contributed by atoms with E-state index in [1.807, 2.05) is 11.1 Å². The number of hydrogen-bond acceptors (Lipinski definition) is 6. The van der Waals surface area contributed by atoms with Crippen LogP contribution in [0.3, 0.4) is 0 Å². The van der Waals surface area contributed by atoms with Crippen molar-refractivity contribution in [3.8, 4) is 0 Å². The van der Waals surface area contributed by atoms with Crippen molar-refractivity contribution in [2.75, 3.05) is 25.0 Å². The molecule has 0 bridgehead atoms. The number of aryl methyl sites for hydroxylation is 2. The maximum Gasteiger partial charge on any atom is 0.254 e. The Morgan fingerprint density at radius 3 is 2.65 bits per heavy atom. The van der Waals surface area contributed by atoms with E-state index < -0.39 is 5.60 Å². The topological polar surface area (TPSA) is 95.2 Å². The van der Waals surface area contributed by atoms with Crippen molar-refractivity contribution >= 4 is 17.6 Å². The number of aromatic nitrogens is 1. The number of nitrogens with one attached hydrogen (secondary N) is 1. The summed E-state index contributed by atoms with van der Waals surface area (Å²) in [6.45, 7) is 12.1. The second kappa shape index (κ2) is 9.91. The van der Waals surface area contributed by atoms with E-state index in [1.54, 1.807) is 32.2 Å². The van der Waals surface area contributed by atoms with Crippen LogP contribution in [0.15, 0.2) is 53.3 Å². The molecule has 37 heavy (non-hydrogen) atoms. The van der Waals surface area contributed by atoms with Gasteiger partial charge in [-0.05, 0) is 77.1 Å². The molecule has 1 aromatic carbocycles. The first-order valence-corrected chi connectivity index (χ1v) is 13.1. The van der Waals surface area contributed by atoms with Gasteiger partial charge in [0.2, 0.25) is 0 Å². The number of amides is 1. The smallest absolute Gasteiger partial charge is 0.254 e. The molecule has 196 valence electrons. The summed E-state index contributed by atoms with van der Waals surface area (Å²) in [4.78, 5) is 26.6. The summed E-state index contributed by atoms with van der Waals surface area (Å²) in [6.07, 6.45) is 5.43. The van der Waals surface area contributed by atoms with Crippen molar-refractivity contribution in [3.63, 3.8) is 0 Å². The van der Waals surface area contributed by atoms with Gasteiger partial charge < -0.3 is 25.6 Å². The molecule has 3 aliphatic rings. The molecular weight excluding hydrogens is 464 g/mol. The Morgan fingerprint density at radius 1 is 1.19 bits per heavy atom. The summed E-state index contributed by atoms with van der Waals surface area (Å²) >= 11 is 0. The Kier molecular flexibility index (Phi) is 6.81. The molecule has 2 fully saturated rings. The highest BCUT2D eigenvalue weighted by molar-refractivity contribution is 6.05. The first-order valence-electron chi connectivity index (χ1n) is 13.1. The van der Waals surface area contributed by atoms with Crippen LogP contribution < -0.4 is 5.32 Å². The van der Waals surface area contributed by atoms with Crippen LogP contribution >= 0.6 is 0 Å². The van der Waals surface area contributed by atoms with E-state index in [1.165, 1.54) is 16.7 Å². The number of piperidine rings is 1. The van der Waals surface area contributed by atoms with Crippen LogP contribution in [0.25, 0.3) is 5.32 Å². The van der Waals surface area contributed by atoms with E-state index in [2.05, 4.69) is 59.2 Å². The van der Waals surface area contributed by atoms with Crippen LogP contribution in [0, 0.1) is 13.8 Å². The van der Waals surface area contributed by atoms with Crippen molar-refractivity contribution in [3.05, 3.63) is 76.0 Å². The summed E-state index contributed by atoms with van der Waals surface area (Å²) in [7, 11) is 0. The lowest BCUT2D eigenvalue weighted by Gasteiger charge is -2.41. The lowest BCUT2D eigenvalue weighted by atomic mass is 9.95. The number of fused-ring (bicyclic) bond motifs is 1. The molecule has 1 unspecified atom stereocenters. The molecule has 0 saturated carbocycles. The standard InChI is InChI=1S/C29H37N6O2/c1-18-10-19(2)12-23(11-18)32-28-31-15-22-16-34(17-25(22)33-28)24-7-9-35(20(3)13-24)27(36)21-6-8-30-26(14-21)29(4,5)37/h6,8,10-12,14-15,20,24-25,37H,7,9,13,16-17H2,1-5H3,(H-,31,32,33)/q-1/t20-,24-,25?/m1/s1. The first-order chi connectivity index (χ1) is 17.6. The molecule has 8 heteroatoms. The third kappa shape index (κ3) is 5.55. The molecule has 2 saturated heterocycles. The van der Waals surface area contributed by atoms with E-state index in [0.717, 1.165) is 31.6 Å². The average Bonchev–Trinajstić information content (AvgIpc) is 3.26. The second-order valence-electron chi connectivity index (χ2n) is 11.2. The Morgan fingerprint density at radius 2 is 1.95 bits per heavy atom. The van der Waals surface area contributed by atoms with Crippen LogP contribution in [0.1, 0.15) is 60.8 Å². The fraction of sp³-hybridized carbons (Fsp3) is 0.483. The number of guanidine groups is 1. The van der Waals surface area contributed by atoms with Crippen molar-refractivity contribution < 1.29 is 9.90 Å². The van der Waals surface area contributed by atoms with Crippen LogP contribution in [0.5, 0.6) is 0 Å². The van der Waals surface area contributed by atoms with Gasteiger partial charge in [-0.25, -0.2) is 0 Å². The normalized spacial score (nSPS) is 24.2. The van der Waals surface area contributed by atoms with Crippen LogP contribution in [0.4, 0.5) is 5.69 Å². The number of pyridine rings is 1. The number of hydrogen-bond donors (Lipinski definition) is 2. The molecule has 4 heterocycles. The Bertz CT molecular complexity index is 1230. The van der Waals surface area contributed by atoms with E-state index in [4.69, 9.17) is 5.32 Å². The maximum absolute atomic E-state index is 13.3. The van der Waals surface area contributed by atoms with Gasteiger partial charge in [0, 0.05) is 55.5 Å². The molecule has 8 nitrogen and oxygen atoms in total. The first kappa shape index (κ1) is 25.4. The van der Waals surface area contributed by atoms with Crippen molar-refractivity contribution in [2.45, 2.75) is 71.2 Å². The quantitative estimate of drug-likeness (QED) is 0.650. The van der Waals surface area contributed by atoms with Gasteiger partial charge in [0.15, 0.2) is 0 Å². The number of aliphatic imine (C=N–C) groups is 1. The second-order valence-corrected chi connectivity index (χ2v) is 11.2. The lowest BCUT2D eigenvalue weighted by molar-refractivity contribution is 0.0505. The lowest BCUT2D eigenvalue weighted by Crippen LogP contribution is -2.50. The minimum Gasteiger partial charge on any atom is -0.412 e. The summed E-state index contributed by atoms with van der Waals surface area (Å²) in [5.41, 5.74) is 4.69. The van der Waals surface area contributed by atoms with Gasteiger partial charge >= 0.3 is 0 Å². The Balaban J connectivity index is 1.18. The molecule has 0 radical (unpaired) electrons. The van der Waals surface area contributed by atoms with E-state index >= 15 is 0 Å². The van der Waals surface area contributed by atoms with Gasteiger partial charge in [-0.2, -0.15) is 0 Å². The molecule has 5 rings (SSSR count). The van der Waals surface area contributed by atoms with Crippen LogP contribution in [0.2, 0.25) is 0 Å². The zero-order chi connectivity index (χ0) is 26.3.